The first-order valence-corrected chi connectivity index (χ1v) is 6.89. The standard InChI is InChI=1S/C14H23N3O3/c1-4-15-12-6-5-7-13(14(12)17(18)19)16-8-9-20-10-11(2)3/h5-7,11,15-16H,4,8-10H2,1-3H3. The molecule has 20 heavy (non-hydrogen) atoms. The molecule has 0 aliphatic carbocycles. The van der Waals surface area contributed by atoms with Crippen LogP contribution in [0, 0.1) is 16.0 Å². The van der Waals surface area contributed by atoms with E-state index in [2.05, 4.69) is 24.5 Å². The van der Waals surface area contributed by atoms with Crippen LogP contribution in [-0.4, -0.2) is 31.2 Å². The molecule has 0 spiro atoms. The van der Waals surface area contributed by atoms with Crippen LogP contribution in [0.4, 0.5) is 17.1 Å². The topological polar surface area (TPSA) is 76.4 Å². The Kier molecular flexibility index (Phi) is 6.79. The largest absolute Gasteiger partial charge is 0.380 e. The maximum Gasteiger partial charge on any atom is 0.315 e. The molecule has 0 unspecified atom stereocenters. The minimum absolute atomic E-state index is 0.0817. The van der Waals surface area contributed by atoms with Crippen molar-refractivity contribution in [3.63, 3.8) is 0 Å². The maximum atomic E-state index is 11.2. The number of hydrogen-bond donors (Lipinski definition) is 2. The highest BCUT2D eigenvalue weighted by atomic mass is 16.6. The van der Waals surface area contributed by atoms with Crippen molar-refractivity contribution in [3.8, 4) is 0 Å². The molecule has 0 radical (unpaired) electrons. The van der Waals surface area contributed by atoms with Gasteiger partial charge >= 0.3 is 5.69 Å². The summed E-state index contributed by atoms with van der Waals surface area (Å²) in [4.78, 5) is 10.8. The molecule has 1 aromatic carbocycles. The number of rotatable bonds is 9. The van der Waals surface area contributed by atoms with Crippen molar-refractivity contribution in [3.05, 3.63) is 28.3 Å². The number of nitrogens with zero attached hydrogens (tertiary/aromatic N) is 1. The predicted octanol–water partition coefficient (Wildman–Crippen LogP) is 3.11. The molecular formula is C14H23N3O3. The highest BCUT2D eigenvalue weighted by Crippen LogP contribution is 2.32. The van der Waals surface area contributed by atoms with Crippen LogP contribution >= 0.6 is 0 Å². The summed E-state index contributed by atoms with van der Waals surface area (Å²) in [5.41, 5.74) is 1.13. The fourth-order valence-electron chi connectivity index (χ4n) is 1.79. The summed E-state index contributed by atoms with van der Waals surface area (Å²) < 4.78 is 5.45. The SMILES string of the molecule is CCNc1cccc(NCCOCC(C)C)c1[N+](=O)[O-]. The van der Waals surface area contributed by atoms with Crippen molar-refractivity contribution in [2.75, 3.05) is 36.9 Å². The van der Waals surface area contributed by atoms with Crippen molar-refractivity contribution in [2.45, 2.75) is 20.8 Å². The fraction of sp³-hybridized carbons (Fsp3) is 0.571. The summed E-state index contributed by atoms with van der Waals surface area (Å²) in [6, 6.07) is 5.21. The van der Waals surface area contributed by atoms with Crippen molar-refractivity contribution in [1.29, 1.82) is 0 Å². The van der Waals surface area contributed by atoms with Crippen LogP contribution in [0.3, 0.4) is 0 Å². The normalized spacial score (nSPS) is 10.6. The Labute approximate surface area is 119 Å². The molecule has 0 atom stereocenters. The second kappa shape index (κ2) is 8.37. The van der Waals surface area contributed by atoms with Crippen LogP contribution in [-0.2, 0) is 4.74 Å². The average molecular weight is 281 g/mol. The smallest absolute Gasteiger partial charge is 0.315 e. The van der Waals surface area contributed by atoms with Crippen LogP contribution in [0.1, 0.15) is 20.8 Å². The molecule has 0 saturated heterocycles. The third-order valence-electron chi connectivity index (χ3n) is 2.60. The lowest BCUT2D eigenvalue weighted by Gasteiger charge is -2.11. The molecule has 0 saturated carbocycles. The maximum absolute atomic E-state index is 11.2. The second-order valence-corrected chi connectivity index (χ2v) is 4.88. The molecule has 0 amide bonds. The van der Waals surface area contributed by atoms with Crippen LogP contribution in [0.25, 0.3) is 0 Å². The number of ether oxygens (including phenoxy) is 1. The minimum atomic E-state index is -0.366. The molecule has 1 rings (SSSR count). The Morgan fingerprint density at radius 2 is 1.95 bits per heavy atom. The minimum Gasteiger partial charge on any atom is -0.380 e. The molecule has 0 aliphatic heterocycles. The van der Waals surface area contributed by atoms with Crippen molar-refractivity contribution in [1.82, 2.24) is 0 Å². The zero-order valence-corrected chi connectivity index (χ0v) is 12.3. The summed E-state index contributed by atoms with van der Waals surface area (Å²) in [5.74, 6) is 0.487. The molecule has 112 valence electrons. The molecule has 1 aromatic rings. The van der Waals surface area contributed by atoms with E-state index in [9.17, 15) is 10.1 Å². The van der Waals surface area contributed by atoms with Gasteiger partial charge in [-0.15, -0.1) is 0 Å². The monoisotopic (exact) mass is 281 g/mol. The zero-order valence-electron chi connectivity index (χ0n) is 12.3. The Balaban J connectivity index is 2.64. The molecule has 0 aromatic heterocycles. The third kappa shape index (κ3) is 5.05. The van der Waals surface area contributed by atoms with Crippen molar-refractivity contribution >= 4 is 17.1 Å². The van der Waals surface area contributed by atoms with Gasteiger partial charge in [-0.3, -0.25) is 10.1 Å². The zero-order chi connectivity index (χ0) is 15.0. The summed E-state index contributed by atoms with van der Waals surface area (Å²) in [6.07, 6.45) is 0. The van der Waals surface area contributed by atoms with E-state index in [1.165, 1.54) is 0 Å². The van der Waals surface area contributed by atoms with Gasteiger partial charge in [-0.05, 0) is 25.0 Å². The second-order valence-electron chi connectivity index (χ2n) is 4.88. The number of nitrogens with one attached hydrogen (secondary N) is 2. The van der Waals surface area contributed by atoms with Gasteiger partial charge in [0, 0.05) is 19.7 Å². The molecule has 0 aliphatic rings. The van der Waals surface area contributed by atoms with E-state index < -0.39 is 0 Å². The lowest BCUT2D eigenvalue weighted by Crippen LogP contribution is -2.13. The number of anilines is 2. The van der Waals surface area contributed by atoms with Gasteiger partial charge in [0.1, 0.15) is 11.4 Å². The van der Waals surface area contributed by atoms with Gasteiger partial charge in [0.15, 0.2) is 0 Å². The number of benzene rings is 1. The van der Waals surface area contributed by atoms with E-state index in [1.54, 1.807) is 18.2 Å². The van der Waals surface area contributed by atoms with Gasteiger partial charge in [-0.1, -0.05) is 19.9 Å². The molecular weight excluding hydrogens is 258 g/mol. The van der Waals surface area contributed by atoms with E-state index in [-0.39, 0.29) is 10.6 Å². The molecule has 6 heteroatoms. The van der Waals surface area contributed by atoms with Gasteiger partial charge in [0.05, 0.1) is 11.5 Å². The van der Waals surface area contributed by atoms with E-state index in [0.717, 1.165) is 0 Å². The first-order valence-electron chi connectivity index (χ1n) is 6.89. The van der Waals surface area contributed by atoms with Crippen molar-refractivity contribution in [2.24, 2.45) is 5.92 Å². The molecule has 6 nitrogen and oxygen atoms in total. The molecule has 2 N–H and O–H groups in total. The van der Waals surface area contributed by atoms with Crippen molar-refractivity contribution < 1.29 is 9.66 Å². The lowest BCUT2D eigenvalue weighted by atomic mass is 10.2. The van der Waals surface area contributed by atoms with E-state index in [4.69, 9.17) is 4.74 Å². The number of nitro benzene ring substituents is 1. The average Bonchev–Trinajstić information content (AvgIpc) is 2.38. The Morgan fingerprint density at radius 1 is 1.30 bits per heavy atom. The highest BCUT2D eigenvalue weighted by molar-refractivity contribution is 5.76. The first kappa shape index (κ1) is 16.2. The van der Waals surface area contributed by atoms with Crippen LogP contribution in [0.5, 0.6) is 0 Å². The molecule has 0 heterocycles. The van der Waals surface area contributed by atoms with Gasteiger partial charge in [-0.25, -0.2) is 0 Å². The third-order valence-corrected chi connectivity index (χ3v) is 2.60. The number of para-hydroxylation sites is 1. The van der Waals surface area contributed by atoms with Gasteiger partial charge < -0.3 is 15.4 Å². The molecule has 0 bridgehead atoms. The molecule has 0 fully saturated rings. The van der Waals surface area contributed by atoms with Gasteiger partial charge in [0.25, 0.3) is 0 Å². The predicted molar refractivity (Wildman–Crippen MR) is 81.4 cm³/mol. The summed E-state index contributed by atoms with van der Waals surface area (Å²) in [7, 11) is 0. The van der Waals surface area contributed by atoms with Crippen LogP contribution in [0.2, 0.25) is 0 Å². The summed E-state index contributed by atoms with van der Waals surface area (Å²) in [6.45, 7) is 8.48. The quantitative estimate of drug-likeness (QED) is 0.413. The van der Waals surface area contributed by atoms with Crippen LogP contribution < -0.4 is 10.6 Å². The van der Waals surface area contributed by atoms with Crippen LogP contribution in [0.15, 0.2) is 18.2 Å². The lowest BCUT2D eigenvalue weighted by molar-refractivity contribution is -0.383. The van der Waals surface area contributed by atoms with E-state index >= 15 is 0 Å². The summed E-state index contributed by atoms with van der Waals surface area (Å²) in [5, 5.41) is 17.3. The first-order chi connectivity index (χ1) is 9.56. The Morgan fingerprint density at radius 3 is 2.50 bits per heavy atom. The van der Waals surface area contributed by atoms with Gasteiger partial charge in [0.2, 0.25) is 0 Å². The highest BCUT2D eigenvalue weighted by Gasteiger charge is 2.18. The Bertz CT molecular complexity index is 436. The number of hydrogen-bond acceptors (Lipinski definition) is 5. The van der Waals surface area contributed by atoms with E-state index in [1.807, 2.05) is 6.92 Å². The number of nitro groups is 1. The summed E-state index contributed by atoms with van der Waals surface area (Å²) >= 11 is 0. The van der Waals surface area contributed by atoms with E-state index in [0.29, 0.717) is 43.6 Å². The Hall–Kier alpha value is -1.82. The fourth-order valence-corrected chi connectivity index (χ4v) is 1.79. The van der Waals surface area contributed by atoms with Gasteiger partial charge in [-0.2, -0.15) is 0 Å².